The van der Waals surface area contributed by atoms with Gasteiger partial charge < -0.3 is 15.5 Å². The number of anilines is 1. The highest BCUT2D eigenvalue weighted by Gasteiger charge is 2.27. The zero-order valence-electron chi connectivity index (χ0n) is 15.1. The number of carbonyl (C=O) groups is 1. The van der Waals surface area contributed by atoms with Crippen LogP contribution in [0.3, 0.4) is 0 Å². The van der Waals surface area contributed by atoms with Crippen molar-refractivity contribution >= 4 is 36.4 Å². The molecule has 1 aromatic carbocycles. The lowest BCUT2D eigenvalue weighted by Gasteiger charge is -2.39. The standard InChI is InChI=1S/C18H27FN4O.2ClH/c1-14(18(24)21-16-6-8-20-9-7-16)22-10-12-23(13-11-22)17-4-2-15(19)3-5-17;;/h2-5,14,16,20H,6-13H2,1H3,(H,21,24);2*1H. The second-order valence-corrected chi connectivity index (χ2v) is 6.71. The van der Waals surface area contributed by atoms with Crippen molar-refractivity contribution in [1.29, 1.82) is 0 Å². The molecule has 1 amide bonds. The summed E-state index contributed by atoms with van der Waals surface area (Å²) in [6.07, 6.45) is 2.02. The SMILES string of the molecule is CC(C(=O)NC1CCNCC1)N1CCN(c2ccc(F)cc2)CC1.Cl.Cl. The number of nitrogens with one attached hydrogen (secondary N) is 2. The van der Waals surface area contributed by atoms with Gasteiger partial charge in [-0.05, 0) is 57.1 Å². The maximum atomic E-state index is 13.0. The fourth-order valence-corrected chi connectivity index (χ4v) is 3.47. The van der Waals surface area contributed by atoms with Crippen molar-refractivity contribution < 1.29 is 9.18 Å². The minimum absolute atomic E-state index is 0. The van der Waals surface area contributed by atoms with Crippen LogP contribution < -0.4 is 15.5 Å². The maximum Gasteiger partial charge on any atom is 0.237 e. The normalized spacial score (nSPS) is 19.8. The number of benzene rings is 1. The van der Waals surface area contributed by atoms with Gasteiger partial charge in [-0.2, -0.15) is 0 Å². The van der Waals surface area contributed by atoms with E-state index in [4.69, 9.17) is 0 Å². The van der Waals surface area contributed by atoms with E-state index in [1.165, 1.54) is 12.1 Å². The minimum Gasteiger partial charge on any atom is -0.369 e. The van der Waals surface area contributed by atoms with Crippen LogP contribution in [0.4, 0.5) is 10.1 Å². The third-order valence-corrected chi connectivity index (χ3v) is 5.12. The summed E-state index contributed by atoms with van der Waals surface area (Å²) in [6.45, 7) is 7.36. The van der Waals surface area contributed by atoms with Gasteiger partial charge in [-0.15, -0.1) is 24.8 Å². The highest BCUT2D eigenvalue weighted by Crippen LogP contribution is 2.18. The van der Waals surface area contributed by atoms with Crippen LogP contribution in [0, 0.1) is 5.82 Å². The van der Waals surface area contributed by atoms with Crippen LogP contribution in [0.1, 0.15) is 19.8 Å². The van der Waals surface area contributed by atoms with Crippen molar-refractivity contribution in [1.82, 2.24) is 15.5 Å². The number of hydrogen-bond donors (Lipinski definition) is 2. The highest BCUT2D eigenvalue weighted by molar-refractivity contribution is 5.85. The van der Waals surface area contributed by atoms with Crippen molar-refractivity contribution in [3.8, 4) is 0 Å². The molecule has 2 heterocycles. The van der Waals surface area contributed by atoms with Crippen molar-refractivity contribution in [3.05, 3.63) is 30.1 Å². The number of halogens is 3. The molecule has 2 aliphatic heterocycles. The molecular formula is C18H29Cl2FN4O. The van der Waals surface area contributed by atoms with Crippen molar-refractivity contribution in [2.24, 2.45) is 0 Å². The number of piperazine rings is 1. The molecule has 3 rings (SSSR count). The Morgan fingerprint density at radius 3 is 2.27 bits per heavy atom. The summed E-state index contributed by atoms with van der Waals surface area (Å²) in [7, 11) is 0. The Morgan fingerprint density at radius 2 is 1.69 bits per heavy atom. The fraction of sp³-hybridized carbons (Fsp3) is 0.611. The van der Waals surface area contributed by atoms with Crippen LogP contribution in [0.2, 0.25) is 0 Å². The second-order valence-electron chi connectivity index (χ2n) is 6.71. The number of amides is 1. The van der Waals surface area contributed by atoms with Crippen molar-refractivity contribution in [2.75, 3.05) is 44.2 Å². The van der Waals surface area contributed by atoms with Crippen LogP contribution in [-0.2, 0) is 4.79 Å². The zero-order chi connectivity index (χ0) is 16.9. The number of nitrogens with zero attached hydrogens (tertiary/aromatic N) is 2. The third kappa shape index (κ3) is 5.98. The van der Waals surface area contributed by atoms with Crippen LogP contribution >= 0.6 is 24.8 Å². The van der Waals surface area contributed by atoms with Gasteiger partial charge in [0, 0.05) is 37.9 Å². The molecule has 2 saturated heterocycles. The molecule has 5 nitrogen and oxygen atoms in total. The Bertz CT molecular complexity index is 547. The van der Waals surface area contributed by atoms with Gasteiger partial charge in [0.2, 0.25) is 5.91 Å². The number of rotatable bonds is 4. The van der Waals surface area contributed by atoms with Crippen LogP contribution in [0.5, 0.6) is 0 Å². The maximum absolute atomic E-state index is 13.0. The molecule has 2 aliphatic rings. The van der Waals surface area contributed by atoms with Crippen molar-refractivity contribution in [2.45, 2.75) is 31.8 Å². The molecule has 1 atom stereocenters. The Labute approximate surface area is 167 Å². The Hall–Kier alpha value is -1.08. The first kappa shape index (κ1) is 23.0. The number of carbonyl (C=O) groups excluding carboxylic acids is 1. The molecule has 0 saturated carbocycles. The molecule has 0 radical (unpaired) electrons. The molecule has 8 heteroatoms. The van der Waals surface area contributed by atoms with Gasteiger partial charge in [-0.1, -0.05) is 0 Å². The van der Waals surface area contributed by atoms with E-state index >= 15 is 0 Å². The predicted octanol–water partition coefficient (Wildman–Crippen LogP) is 2.05. The van der Waals surface area contributed by atoms with E-state index in [9.17, 15) is 9.18 Å². The average Bonchev–Trinajstić information content (AvgIpc) is 2.63. The van der Waals surface area contributed by atoms with Gasteiger partial charge in [0.15, 0.2) is 0 Å². The molecular weight excluding hydrogens is 378 g/mol. The molecule has 2 fully saturated rings. The lowest BCUT2D eigenvalue weighted by atomic mass is 10.1. The quantitative estimate of drug-likeness (QED) is 0.802. The van der Waals surface area contributed by atoms with Gasteiger partial charge in [-0.3, -0.25) is 9.69 Å². The van der Waals surface area contributed by atoms with E-state index in [1.54, 1.807) is 0 Å². The molecule has 1 unspecified atom stereocenters. The Morgan fingerprint density at radius 1 is 1.12 bits per heavy atom. The summed E-state index contributed by atoms with van der Waals surface area (Å²) in [4.78, 5) is 16.9. The fourth-order valence-electron chi connectivity index (χ4n) is 3.47. The van der Waals surface area contributed by atoms with Crippen LogP contribution in [0.15, 0.2) is 24.3 Å². The lowest BCUT2D eigenvalue weighted by Crippen LogP contribution is -2.55. The highest BCUT2D eigenvalue weighted by atomic mass is 35.5. The second kappa shape index (κ2) is 10.9. The number of hydrogen-bond acceptors (Lipinski definition) is 4. The monoisotopic (exact) mass is 406 g/mol. The first-order valence-electron chi connectivity index (χ1n) is 8.89. The van der Waals surface area contributed by atoms with E-state index in [-0.39, 0.29) is 42.6 Å². The third-order valence-electron chi connectivity index (χ3n) is 5.12. The van der Waals surface area contributed by atoms with E-state index in [0.29, 0.717) is 6.04 Å². The Balaban J connectivity index is 0.00000169. The lowest BCUT2D eigenvalue weighted by molar-refractivity contribution is -0.126. The van der Waals surface area contributed by atoms with Gasteiger partial charge in [0.05, 0.1) is 6.04 Å². The minimum atomic E-state index is -0.208. The topological polar surface area (TPSA) is 47.6 Å². The van der Waals surface area contributed by atoms with E-state index in [2.05, 4.69) is 20.4 Å². The predicted molar refractivity (Wildman–Crippen MR) is 108 cm³/mol. The summed E-state index contributed by atoms with van der Waals surface area (Å²) < 4.78 is 13.0. The molecule has 1 aromatic rings. The molecule has 0 spiro atoms. The number of piperidine rings is 1. The average molecular weight is 407 g/mol. The molecule has 148 valence electrons. The first-order chi connectivity index (χ1) is 11.6. The van der Waals surface area contributed by atoms with E-state index < -0.39 is 0 Å². The van der Waals surface area contributed by atoms with Crippen LogP contribution in [0.25, 0.3) is 0 Å². The largest absolute Gasteiger partial charge is 0.369 e. The molecule has 0 aromatic heterocycles. The van der Waals surface area contributed by atoms with Gasteiger partial charge >= 0.3 is 0 Å². The zero-order valence-corrected chi connectivity index (χ0v) is 16.8. The molecule has 2 N–H and O–H groups in total. The Kier molecular flexibility index (Phi) is 9.64. The summed E-state index contributed by atoms with van der Waals surface area (Å²) >= 11 is 0. The summed E-state index contributed by atoms with van der Waals surface area (Å²) in [5.41, 5.74) is 1.04. The summed E-state index contributed by atoms with van der Waals surface area (Å²) in [5.74, 6) is -0.0716. The van der Waals surface area contributed by atoms with Crippen LogP contribution in [-0.4, -0.2) is 62.2 Å². The summed E-state index contributed by atoms with van der Waals surface area (Å²) in [5, 5.41) is 6.50. The van der Waals surface area contributed by atoms with Gasteiger partial charge in [-0.25, -0.2) is 4.39 Å². The molecule has 26 heavy (non-hydrogen) atoms. The van der Waals surface area contributed by atoms with Crippen molar-refractivity contribution in [3.63, 3.8) is 0 Å². The molecule has 0 bridgehead atoms. The van der Waals surface area contributed by atoms with Gasteiger partial charge in [0.1, 0.15) is 5.82 Å². The summed E-state index contributed by atoms with van der Waals surface area (Å²) in [6, 6.07) is 6.83. The first-order valence-corrected chi connectivity index (χ1v) is 8.89. The van der Waals surface area contributed by atoms with E-state index in [1.807, 2.05) is 19.1 Å². The smallest absolute Gasteiger partial charge is 0.237 e. The van der Waals surface area contributed by atoms with Gasteiger partial charge in [0.25, 0.3) is 0 Å². The molecule has 0 aliphatic carbocycles. The van der Waals surface area contributed by atoms with E-state index in [0.717, 1.165) is 57.8 Å².